The Morgan fingerprint density at radius 2 is 2.04 bits per heavy atom. The fraction of sp³-hybridized carbons (Fsp3) is 0.375. The molecule has 1 N–H and O–H groups in total. The quantitative estimate of drug-likeness (QED) is 0.668. The third-order valence-electron chi connectivity index (χ3n) is 3.71. The zero-order valence-corrected chi connectivity index (χ0v) is 14.4. The van der Waals surface area contributed by atoms with Crippen molar-refractivity contribution in [3.05, 3.63) is 40.0 Å². The molecule has 0 radical (unpaired) electrons. The molecule has 0 aliphatic carbocycles. The summed E-state index contributed by atoms with van der Waals surface area (Å²) in [6, 6.07) is 6.73. The minimum absolute atomic E-state index is 0.0472. The molecule has 23 heavy (non-hydrogen) atoms. The Labute approximate surface area is 146 Å². The van der Waals surface area contributed by atoms with Crippen LogP contribution in [0.2, 0.25) is 10.0 Å². The Kier molecular flexibility index (Phi) is 6.28. The number of amides is 1. The van der Waals surface area contributed by atoms with Crippen LogP contribution in [-0.4, -0.2) is 48.4 Å². The number of nitrogens with one attached hydrogen (secondary N) is 1. The van der Waals surface area contributed by atoms with Crippen molar-refractivity contribution in [2.75, 3.05) is 38.0 Å². The summed E-state index contributed by atoms with van der Waals surface area (Å²) < 4.78 is 0. The van der Waals surface area contributed by atoms with Crippen LogP contribution in [0.3, 0.4) is 0 Å². The zero-order valence-electron chi connectivity index (χ0n) is 12.9. The van der Waals surface area contributed by atoms with Crippen LogP contribution in [-0.2, 0) is 4.79 Å². The first kappa shape index (κ1) is 17.6. The molecule has 1 amide bonds. The Hall–Kier alpha value is -1.74. The van der Waals surface area contributed by atoms with Gasteiger partial charge in [-0.1, -0.05) is 30.1 Å². The van der Waals surface area contributed by atoms with E-state index in [0.717, 1.165) is 32.7 Å². The van der Waals surface area contributed by atoms with E-state index in [9.17, 15) is 10.1 Å². The molecular weight excluding hydrogens is 335 g/mol. The van der Waals surface area contributed by atoms with Crippen molar-refractivity contribution < 1.29 is 4.79 Å². The van der Waals surface area contributed by atoms with E-state index in [1.54, 1.807) is 24.4 Å². The van der Waals surface area contributed by atoms with E-state index < -0.39 is 5.91 Å². The molecule has 1 aliphatic heterocycles. The summed E-state index contributed by atoms with van der Waals surface area (Å²) in [4.78, 5) is 16.6. The van der Waals surface area contributed by atoms with E-state index in [1.165, 1.54) is 0 Å². The first-order valence-electron chi connectivity index (χ1n) is 7.38. The monoisotopic (exact) mass is 352 g/mol. The van der Waals surface area contributed by atoms with Crippen molar-refractivity contribution in [1.29, 1.82) is 5.26 Å². The van der Waals surface area contributed by atoms with Gasteiger partial charge < -0.3 is 15.1 Å². The summed E-state index contributed by atoms with van der Waals surface area (Å²) in [5, 5.41) is 12.7. The lowest BCUT2D eigenvalue weighted by Crippen LogP contribution is -2.44. The summed E-state index contributed by atoms with van der Waals surface area (Å²) in [7, 11) is 0. The van der Waals surface area contributed by atoms with Crippen molar-refractivity contribution in [3.8, 4) is 6.07 Å². The van der Waals surface area contributed by atoms with Gasteiger partial charge in [-0.25, -0.2) is 0 Å². The van der Waals surface area contributed by atoms with Gasteiger partial charge in [0.25, 0.3) is 5.91 Å². The minimum Gasteiger partial charge on any atom is -0.374 e. The molecule has 0 aromatic heterocycles. The van der Waals surface area contributed by atoms with Gasteiger partial charge in [-0.15, -0.1) is 0 Å². The summed E-state index contributed by atoms with van der Waals surface area (Å²) in [6.45, 7) is 6.57. The van der Waals surface area contributed by atoms with Crippen LogP contribution in [0.25, 0.3) is 0 Å². The Balaban J connectivity index is 2.05. The predicted molar refractivity (Wildman–Crippen MR) is 92.5 cm³/mol. The molecule has 1 aromatic carbocycles. The number of carbonyl (C=O) groups is 1. The maximum Gasteiger partial charge on any atom is 0.267 e. The number of halogens is 2. The van der Waals surface area contributed by atoms with Crippen molar-refractivity contribution in [3.63, 3.8) is 0 Å². The van der Waals surface area contributed by atoms with E-state index in [2.05, 4.69) is 17.1 Å². The molecule has 122 valence electrons. The highest BCUT2D eigenvalue weighted by atomic mass is 35.5. The van der Waals surface area contributed by atoms with E-state index in [0.29, 0.717) is 15.7 Å². The zero-order chi connectivity index (χ0) is 16.8. The highest BCUT2D eigenvalue weighted by Crippen LogP contribution is 2.25. The van der Waals surface area contributed by atoms with Crippen LogP contribution < -0.4 is 5.32 Å². The number of rotatable bonds is 4. The second-order valence-corrected chi connectivity index (χ2v) is 6.05. The molecular formula is C16H18Cl2N4O. The maximum absolute atomic E-state index is 12.3. The van der Waals surface area contributed by atoms with Crippen LogP contribution in [0.4, 0.5) is 5.69 Å². The number of benzene rings is 1. The first-order chi connectivity index (χ1) is 11.0. The van der Waals surface area contributed by atoms with Gasteiger partial charge in [0, 0.05) is 37.4 Å². The largest absolute Gasteiger partial charge is 0.374 e. The first-order valence-corrected chi connectivity index (χ1v) is 8.13. The molecule has 1 fully saturated rings. The predicted octanol–water partition coefficient (Wildman–Crippen LogP) is 2.98. The van der Waals surface area contributed by atoms with E-state index in [1.807, 2.05) is 11.0 Å². The normalized spacial score (nSPS) is 16.1. The van der Waals surface area contributed by atoms with Crippen LogP contribution in [0.1, 0.15) is 6.92 Å². The van der Waals surface area contributed by atoms with Crippen LogP contribution >= 0.6 is 23.2 Å². The molecule has 0 bridgehead atoms. The average Bonchev–Trinajstić information content (AvgIpc) is 2.56. The second kappa shape index (κ2) is 8.21. The topological polar surface area (TPSA) is 59.4 Å². The molecule has 1 aliphatic rings. The summed E-state index contributed by atoms with van der Waals surface area (Å²) in [6.07, 6.45) is 1.61. The lowest BCUT2D eigenvalue weighted by Gasteiger charge is -2.33. The Morgan fingerprint density at radius 3 is 2.65 bits per heavy atom. The molecule has 0 spiro atoms. The van der Waals surface area contributed by atoms with E-state index in [-0.39, 0.29) is 5.57 Å². The van der Waals surface area contributed by atoms with Gasteiger partial charge in [-0.05, 0) is 24.7 Å². The van der Waals surface area contributed by atoms with E-state index >= 15 is 0 Å². The highest BCUT2D eigenvalue weighted by molar-refractivity contribution is 6.35. The smallest absolute Gasteiger partial charge is 0.267 e. The SMILES string of the molecule is CCN1CCN(/C=C(/C#N)C(=O)Nc2cc(Cl)ccc2Cl)CC1. The van der Waals surface area contributed by atoms with Crippen LogP contribution in [0.15, 0.2) is 30.0 Å². The third-order valence-corrected chi connectivity index (χ3v) is 4.27. The number of likely N-dealkylation sites (N-methyl/N-ethyl adjacent to an activating group) is 1. The van der Waals surface area contributed by atoms with Crippen molar-refractivity contribution in [1.82, 2.24) is 9.80 Å². The van der Waals surface area contributed by atoms with Crippen molar-refractivity contribution in [2.45, 2.75) is 6.92 Å². The lowest BCUT2D eigenvalue weighted by atomic mass is 10.2. The van der Waals surface area contributed by atoms with Gasteiger partial charge in [-0.3, -0.25) is 4.79 Å². The Morgan fingerprint density at radius 1 is 1.35 bits per heavy atom. The lowest BCUT2D eigenvalue weighted by molar-refractivity contribution is -0.112. The van der Waals surface area contributed by atoms with Crippen LogP contribution in [0.5, 0.6) is 0 Å². The molecule has 2 rings (SSSR count). The standard InChI is InChI=1S/C16H18Cl2N4O/c1-2-21-5-7-22(8-6-21)11-12(10-19)16(23)20-15-9-13(17)3-4-14(15)18/h3-4,9,11H,2,5-8H2,1H3,(H,20,23)/b12-11-. The second-order valence-electron chi connectivity index (χ2n) is 5.20. The molecule has 0 saturated carbocycles. The molecule has 7 heteroatoms. The maximum atomic E-state index is 12.3. The molecule has 0 atom stereocenters. The van der Waals surface area contributed by atoms with Crippen LogP contribution in [0, 0.1) is 11.3 Å². The average molecular weight is 353 g/mol. The summed E-state index contributed by atoms with van der Waals surface area (Å²) in [5.41, 5.74) is 0.437. The number of carbonyl (C=O) groups excluding carboxylic acids is 1. The van der Waals surface area contributed by atoms with Gasteiger partial charge in [0.05, 0.1) is 10.7 Å². The number of hydrogen-bond donors (Lipinski definition) is 1. The Bertz CT molecular complexity index is 646. The molecule has 5 nitrogen and oxygen atoms in total. The number of nitrogens with zero attached hydrogens (tertiary/aromatic N) is 3. The number of nitriles is 1. The fourth-order valence-electron chi connectivity index (χ4n) is 2.31. The number of piperazine rings is 1. The summed E-state index contributed by atoms with van der Waals surface area (Å²) in [5.74, 6) is -0.491. The molecule has 0 unspecified atom stereocenters. The number of anilines is 1. The van der Waals surface area contributed by atoms with Gasteiger partial charge in [-0.2, -0.15) is 5.26 Å². The fourth-order valence-corrected chi connectivity index (χ4v) is 2.65. The van der Waals surface area contributed by atoms with Gasteiger partial charge in [0.2, 0.25) is 0 Å². The molecule has 1 aromatic rings. The van der Waals surface area contributed by atoms with Gasteiger partial charge >= 0.3 is 0 Å². The summed E-state index contributed by atoms with van der Waals surface area (Å²) >= 11 is 11.9. The van der Waals surface area contributed by atoms with Crippen molar-refractivity contribution >= 4 is 34.8 Å². The number of hydrogen-bond acceptors (Lipinski definition) is 4. The highest BCUT2D eigenvalue weighted by Gasteiger charge is 2.17. The van der Waals surface area contributed by atoms with Gasteiger partial charge in [0.1, 0.15) is 11.6 Å². The van der Waals surface area contributed by atoms with Crippen molar-refractivity contribution in [2.24, 2.45) is 0 Å². The third kappa shape index (κ3) is 4.87. The molecule has 1 saturated heterocycles. The molecule has 1 heterocycles. The minimum atomic E-state index is -0.491. The van der Waals surface area contributed by atoms with Gasteiger partial charge in [0.15, 0.2) is 0 Å². The van der Waals surface area contributed by atoms with E-state index in [4.69, 9.17) is 23.2 Å².